The molecule has 0 radical (unpaired) electrons. The number of halogens is 2. The Hall–Kier alpha value is -0.410. The fourth-order valence-corrected chi connectivity index (χ4v) is 3.52. The van der Waals surface area contributed by atoms with Gasteiger partial charge in [-0.05, 0) is 40.3 Å². The second-order valence-electron chi connectivity index (χ2n) is 5.20. The van der Waals surface area contributed by atoms with E-state index in [1.54, 1.807) is 18.2 Å². The third-order valence-electron chi connectivity index (χ3n) is 4.20. The van der Waals surface area contributed by atoms with Crippen LogP contribution in [0, 0.1) is 17.7 Å². The molecule has 0 aromatic heterocycles. The Labute approximate surface area is 117 Å². The van der Waals surface area contributed by atoms with Crippen molar-refractivity contribution in [2.75, 3.05) is 0 Å². The molecule has 1 aromatic rings. The number of hydrogen-bond donors (Lipinski definition) is 1. The van der Waals surface area contributed by atoms with Crippen LogP contribution >= 0.6 is 15.9 Å². The lowest BCUT2D eigenvalue weighted by Gasteiger charge is -2.34. The van der Waals surface area contributed by atoms with Gasteiger partial charge in [-0.1, -0.05) is 44.7 Å². The minimum Gasteiger partial charge on any atom is -0.388 e. The Kier molecular flexibility index (Phi) is 4.79. The van der Waals surface area contributed by atoms with Crippen LogP contribution in [0.4, 0.5) is 4.39 Å². The summed E-state index contributed by atoms with van der Waals surface area (Å²) in [5.41, 5.74) is 0.440. The lowest BCUT2D eigenvalue weighted by molar-refractivity contribution is 0.0426. The molecule has 0 heterocycles. The highest BCUT2D eigenvalue weighted by Gasteiger charge is 2.32. The summed E-state index contributed by atoms with van der Waals surface area (Å²) in [5, 5.41) is 10.5. The molecule has 1 saturated carbocycles. The van der Waals surface area contributed by atoms with E-state index in [1.807, 2.05) is 0 Å². The molecule has 0 saturated heterocycles. The van der Waals surface area contributed by atoms with E-state index in [1.165, 1.54) is 6.42 Å². The Morgan fingerprint density at radius 1 is 1.39 bits per heavy atom. The van der Waals surface area contributed by atoms with Gasteiger partial charge in [-0.15, -0.1) is 0 Å². The van der Waals surface area contributed by atoms with Crippen LogP contribution in [0.15, 0.2) is 22.7 Å². The van der Waals surface area contributed by atoms with Gasteiger partial charge in [0.05, 0.1) is 10.6 Å². The zero-order valence-electron chi connectivity index (χ0n) is 10.7. The summed E-state index contributed by atoms with van der Waals surface area (Å²) in [6.07, 6.45) is 4.95. The van der Waals surface area contributed by atoms with Gasteiger partial charge in [0.25, 0.3) is 0 Å². The molecule has 0 amide bonds. The average Bonchev–Trinajstić information content (AvgIpc) is 2.41. The van der Waals surface area contributed by atoms with Crippen LogP contribution in [-0.4, -0.2) is 5.11 Å². The lowest BCUT2D eigenvalue weighted by atomic mass is 9.73. The van der Waals surface area contributed by atoms with Crippen LogP contribution in [0.5, 0.6) is 0 Å². The average molecular weight is 315 g/mol. The summed E-state index contributed by atoms with van der Waals surface area (Å²) in [4.78, 5) is 0. The Morgan fingerprint density at radius 2 is 2.11 bits per heavy atom. The Morgan fingerprint density at radius 3 is 2.83 bits per heavy atom. The third-order valence-corrected chi connectivity index (χ3v) is 4.81. The first kappa shape index (κ1) is 14.0. The van der Waals surface area contributed by atoms with Crippen LogP contribution in [-0.2, 0) is 0 Å². The first-order chi connectivity index (χ1) is 8.65. The number of benzene rings is 1. The van der Waals surface area contributed by atoms with Gasteiger partial charge in [0.1, 0.15) is 5.82 Å². The number of rotatable bonds is 3. The molecule has 1 nitrogen and oxygen atoms in total. The zero-order valence-corrected chi connectivity index (χ0v) is 12.3. The first-order valence-electron chi connectivity index (χ1n) is 6.77. The fourth-order valence-electron chi connectivity index (χ4n) is 3.14. The van der Waals surface area contributed by atoms with Gasteiger partial charge in [-0.2, -0.15) is 0 Å². The van der Waals surface area contributed by atoms with Gasteiger partial charge in [0, 0.05) is 5.56 Å². The van der Waals surface area contributed by atoms with Crippen molar-refractivity contribution < 1.29 is 9.50 Å². The highest BCUT2D eigenvalue weighted by Crippen LogP contribution is 2.41. The maximum absolute atomic E-state index is 14.0. The molecule has 3 heteroatoms. The molecule has 0 spiro atoms. The van der Waals surface area contributed by atoms with Crippen molar-refractivity contribution in [1.82, 2.24) is 0 Å². The number of aliphatic hydroxyl groups is 1. The van der Waals surface area contributed by atoms with Gasteiger partial charge >= 0.3 is 0 Å². The predicted molar refractivity (Wildman–Crippen MR) is 74.8 cm³/mol. The molecule has 1 N–H and O–H groups in total. The summed E-state index contributed by atoms with van der Waals surface area (Å²) in [7, 11) is 0. The van der Waals surface area contributed by atoms with Crippen LogP contribution in [0.1, 0.15) is 50.7 Å². The summed E-state index contributed by atoms with van der Waals surface area (Å²) in [6.45, 7) is 2.16. The molecule has 1 aromatic carbocycles. The molecular weight excluding hydrogens is 295 g/mol. The monoisotopic (exact) mass is 314 g/mol. The van der Waals surface area contributed by atoms with Gasteiger partial charge in [-0.25, -0.2) is 4.39 Å². The quantitative estimate of drug-likeness (QED) is 0.846. The fraction of sp³-hybridized carbons (Fsp3) is 0.600. The maximum atomic E-state index is 14.0. The second-order valence-corrected chi connectivity index (χ2v) is 6.06. The molecule has 1 fully saturated rings. The van der Waals surface area contributed by atoms with Crippen molar-refractivity contribution in [3.8, 4) is 0 Å². The van der Waals surface area contributed by atoms with Crippen LogP contribution in [0.3, 0.4) is 0 Å². The van der Waals surface area contributed by atoms with Crippen LogP contribution in [0.25, 0.3) is 0 Å². The molecule has 1 aliphatic rings. The molecule has 0 aliphatic heterocycles. The van der Waals surface area contributed by atoms with Gasteiger partial charge in [-0.3, -0.25) is 0 Å². The Balaban J connectivity index is 2.23. The zero-order chi connectivity index (χ0) is 13.1. The normalized spacial score (nSPS) is 26.0. The van der Waals surface area contributed by atoms with E-state index in [-0.39, 0.29) is 11.7 Å². The molecule has 1 aliphatic carbocycles. The van der Waals surface area contributed by atoms with Gasteiger partial charge in [0.2, 0.25) is 0 Å². The summed E-state index contributed by atoms with van der Waals surface area (Å²) < 4.78 is 14.5. The topological polar surface area (TPSA) is 20.2 Å². The van der Waals surface area contributed by atoms with Crippen LogP contribution in [0.2, 0.25) is 0 Å². The van der Waals surface area contributed by atoms with Crippen LogP contribution < -0.4 is 0 Å². The van der Waals surface area contributed by atoms with Crippen molar-refractivity contribution in [2.45, 2.75) is 45.1 Å². The smallest absolute Gasteiger partial charge is 0.143 e. The summed E-state index contributed by atoms with van der Waals surface area (Å²) >= 11 is 3.18. The molecule has 3 atom stereocenters. The highest BCUT2D eigenvalue weighted by atomic mass is 79.9. The first-order valence-corrected chi connectivity index (χ1v) is 7.56. The van der Waals surface area contributed by atoms with Crippen molar-refractivity contribution in [3.63, 3.8) is 0 Å². The second kappa shape index (κ2) is 6.16. The molecular formula is C15H20BrFO. The molecule has 2 rings (SSSR count). The highest BCUT2D eigenvalue weighted by molar-refractivity contribution is 9.10. The van der Waals surface area contributed by atoms with Crippen molar-refractivity contribution in [2.24, 2.45) is 11.8 Å². The van der Waals surface area contributed by atoms with E-state index in [9.17, 15) is 9.50 Å². The van der Waals surface area contributed by atoms with Gasteiger partial charge < -0.3 is 5.11 Å². The van der Waals surface area contributed by atoms with E-state index in [0.29, 0.717) is 16.0 Å². The minimum atomic E-state index is -0.673. The van der Waals surface area contributed by atoms with E-state index in [2.05, 4.69) is 22.9 Å². The SMILES string of the molecule is CCC1CCCCC1C(O)c1cccc(Br)c1F. The minimum absolute atomic E-state index is 0.201. The van der Waals surface area contributed by atoms with Crippen molar-refractivity contribution in [3.05, 3.63) is 34.1 Å². The van der Waals surface area contributed by atoms with E-state index in [0.717, 1.165) is 25.7 Å². The van der Waals surface area contributed by atoms with E-state index < -0.39 is 6.10 Å². The van der Waals surface area contributed by atoms with Gasteiger partial charge in [0.15, 0.2) is 0 Å². The molecule has 3 unspecified atom stereocenters. The molecule has 18 heavy (non-hydrogen) atoms. The van der Waals surface area contributed by atoms with E-state index in [4.69, 9.17) is 0 Å². The maximum Gasteiger partial charge on any atom is 0.143 e. The van der Waals surface area contributed by atoms with Crippen molar-refractivity contribution >= 4 is 15.9 Å². The summed E-state index contributed by atoms with van der Waals surface area (Å²) in [5.74, 6) is 0.408. The Bertz CT molecular complexity index is 407. The molecule has 100 valence electrons. The number of hydrogen-bond acceptors (Lipinski definition) is 1. The van der Waals surface area contributed by atoms with E-state index >= 15 is 0 Å². The largest absolute Gasteiger partial charge is 0.388 e. The third kappa shape index (κ3) is 2.77. The molecule has 0 bridgehead atoms. The van der Waals surface area contributed by atoms with Crippen molar-refractivity contribution in [1.29, 1.82) is 0 Å². The lowest BCUT2D eigenvalue weighted by Crippen LogP contribution is -2.25. The summed E-state index contributed by atoms with van der Waals surface area (Å²) in [6, 6.07) is 5.16. The predicted octanol–water partition coefficient (Wildman–Crippen LogP) is 4.84. The number of aliphatic hydroxyl groups excluding tert-OH is 1. The standard InChI is InChI=1S/C15H20BrFO/c1-2-10-6-3-4-7-11(10)15(18)12-8-5-9-13(16)14(12)17/h5,8-11,15,18H,2-4,6-7H2,1H3.